The number of carbonyl (C=O) groups is 2. The van der Waals surface area contributed by atoms with Crippen LogP contribution in [0.4, 0.5) is 19.7 Å². The van der Waals surface area contributed by atoms with E-state index in [1.807, 2.05) is 0 Å². The van der Waals surface area contributed by atoms with Crippen LogP contribution in [0.15, 0.2) is 53.6 Å². The highest BCUT2D eigenvalue weighted by Crippen LogP contribution is 2.40. The lowest BCUT2D eigenvalue weighted by atomic mass is 9.86. The van der Waals surface area contributed by atoms with Crippen LogP contribution in [-0.2, 0) is 21.3 Å². The highest BCUT2D eigenvalue weighted by molar-refractivity contribution is 7.89. The van der Waals surface area contributed by atoms with Gasteiger partial charge in [0.2, 0.25) is 10.0 Å². The Balaban J connectivity index is 1.63. The summed E-state index contributed by atoms with van der Waals surface area (Å²) in [6.45, 7) is 8.45. The maximum Gasteiger partial charge on any atom is 0.412 e. The van der Waals surface area contributed by atoms with Crippen molar-refractivity contribution in [1.29, 1.82) is 0 Å². The molecule has 10 nitrogen and oxygen atoms in total. The monoisotopic (exact) mass is 646 g/mol. The number of carbonyl (C=O) groups excluding carboxylic acids is 1. The molecule has 1 saturated carbocycles. The number of ether oxygens (including phenoxy) is 1. The Bertz CT molecular complexity index is 1590. The second-order valence-electron chi connectivity index (χ2n) is 12.2. The predicted molar refractivity (Wildman–Crippen MR) is 168 cm³/mol. The molecule has 2 amide bonds. The van der Waals surface area contributed by atoms with Gasteiger partial charge in [-0.05, 0) is 78.5 Å². The summed E-state index contributed by atoms with van der Waals surface area (Å²) in [5, 5.41) is 13.8. The summed E-state index contributed by atoms with van der Waals surface area (Å²) in [4.78, 5) is 30.3. The number of halogens is 1. The number of hydrogen-bond donors (Lipinski definition) is 3. The minimum atomic E-state index is -4.12. The van der Waals surface area contributed by atoms with Crippen molar-refractivity contribution in [3.63, 3.8) is 0 Å². The molecule has 0 radical (unpaired) electrons. The number of benzene rings is 2. The van der Waals surface area contributed by atoms with Crippen molar-refractivity contribution >= 4 is 39.2 Å². The normalized spacial score (nSPS) is 17.3. The molecule has 3 aromatic rings. The molecule has 13 heteroatoms. The maximum absolute atomic E-state index is 14.4. The van der Waals surface area contributed by atoms with Crippen LogP contribution in [0.2, 0.25) is 0 Å². The third-order valence-electron chi connectivity index (χ3n) is 7.05. The molecule has 3 N–H and O–H groups in total. The van der Waals surface area contributed by atoms with E-state index in [9.17, 15) is 27.5 Å². The van der Waals surface area contributed by atoms with Crippen LogP contribution in [0.1, 0.15) is 76.8 Å². The second-order valence-corrected chi connectivity index (χ2v) is 14.9. The van der Waals surface area contributed by atoms with Crippen LogP contribution in [0, 0.1) is 5.82 Å². The number of rotatable bonds is 9. The number of hydrogen-bond acceptors (Lipinski definition) is 7. The number of amides is 2. The zero-order valence-electron chi connectivity index (χ0n) is 25.5. The predicted octanol–water partition coefficient (Wildman–Crippen LogP) is 6.87. The summed E-state index contributed by atoms with van der Waals surface area (Å²) in [6, 6.07) is 10.3. The summed E-state index contributed by atoms with van der Waals surface area (Å²) in [6.07, 6.45) is 2.82. The molecule has 238 valence electrons. The first-order valence-corrected chi connectivity index (χ1v) is 16.8. The Kier molecular flexibility index (Phi) is 10.3. The smallest absolute Gasteiger partial charge is 0.412 e. The fourth-order valence-corrected chi connectivity index (χ4v) is 7.98. The van der Waals surface area contributed by atoms with Crippen molar-refractivity contribution in [1.82, 2.24) is 15.0 Å². The molecule has 4 rings (SSSR count). The molecule has 0 spiro atoms. The minimum Gasteiger partial charge on any atom is -0.465 e. The van der Waals surface area contributed by atoms with E-state index < -0.39 is 33.6 Å². The molecule has 1 aliphatic carbocycles. The van der Waals surface area contributed by atoms with E-state index >= 15 is 0 Å². The van der Waals surface area contributed by atoms with Crippen LogP contribution in [0.3, 0.4) is 0 Å². The van der Waals surface area contributed by atoms with Gasteiger partial charge in [-0.3, -0.25) is 4.90 Å². The van der Waals surface area contributed by atoms with Gasteiger partial charge in [0.1, 0.15) is 5.82 Å². The van der Waals surface area contributed by atoms with E-state index in [0.717, 1.165) is 35.6 Å². The van der Waals surface area contributed by atoms with Crippen molar-refractivity contribution in [2.24, 2.45) is 0 Å². The van der Waals surface area contributed by atoms with Crippen LogP contribution in [-0.4, -0.2) is 48.4 Å². The first-order chi connectivity index (χ1) is 20.6. The fraction of sp³-hybridized carbons (Fsp3) is 0.452. The molecule has 0 atom stereocenters. The molecule has 0 bridgehead atoms. The third-order valence-corrected chi connectivity index (χ3v) is 10.0. The van der Waals surface area contributed by atoms with Gasteiger partial charge < -0.3 is 15.2 Å². The summed E-state index contributed by atoms with van der Waals surface area (Å²) in [7, 11) is -4.12. The quantitative estimate of drug-likeness (QED) is 0.231. The van der Waals surface area contributed by atoms with Gasteiger partial charge in [0.15, 0.2) is 0 Å². The Morgan fingerprint density at radius 3 is 2.43 bits per heavy atom. The van der Waals surface area contributed by atoms with E-state index in [4.69, 9.17) is 4.74 Å². The van der Waals surface area contributed by atoms with Gasteiger partial charge in [0.25, 0.3) is 0 Å². The van der Waals surface area contributed by atoms with Crippen molar-refractivity contribution in [2.45, 2.75) is 95.3 Å². The summed E-state index contributed by atoms with van der Waals surface area (Å²) in [5.74, 6) is -0.404. The SMILES string of the molecule is CC(C)OC(=O)N[C@H]1CC[C@H](c2ncc(-c3ccc(N(Cc4ccccc4F)C(=O)O)cc3S(=O)(=O)NC(C)(C)C)s2)CC1. The molecule has 1 heterocycles. The van der Waals surface area contributed by atoms with Crippen molar-refractivity contribution < 1.29 is 32.2 Å². The van der Waals surface area contributed by atoms with Gasteiger partial charge in [0.05, 0.1) is 27.4 Å². The third kappa shape index (κ3) is 8.54. The molecule has 0 aliphatic heterocycles. The van der Waals surface area contributed by atoms with Gasteiger partial charge in [-0.1, -0.05) is 24.3 Å². The second kappa shape index (κ2) is 13.6. The van der Waals surface area contributed by atoms with Crippen LogP contribution in [0.5, 0.6) is 0 Å². The number of carboxylic acid groups (broad SMARTS) is 1. The topological polar surface area (TPSA) is 138 Å². The lowest BCUT2D eigenvalue weighted by Crippen LogP contribution is -2.40. The van der Waals surface area contributed by atoms with Crippen LogP contribution >= 0.6 is 11.3 Å². The van der Waals surface area contributed by atoms with E-state index in [2.05, 4.69) is 15.0 Å². The largest absolute Gasteiger partial charge is 0.465 e. The average Bonchev–Trinajstić information content (AvgIpc) is 3.41. The van der Waals surface area contributed by atoms with Crippen molar-refractivity contribution in [3.05, 3.63) is 65.0 Å². The van der Waals surface area contributed by atoms with Gasteiger partial charge in [0, 0.05) is 40.5 Å². The minimum absolute atomic E-state index is 0.0197. The Morgan fingerprint density at radius 2 is 1.82 bits per heavy atom. The van der Waals surface area contributed by atoms with Gasteiger partial charge in [-0.25, -0.2) is 32.1 Å². The molecule has 1 fully saturated rings. The number of anilines is 1. The van der Waals surface area contributed by atoms with E-state index in [1.165, 1.54) is 41.7 Å². The molecule has 2 aromatic carbocycles. The van der Waals surface area contributed by atoms with Crippen molar-refractivity contribution in [3.8, 4) is 10.4 Å². The van der Waals surface area contributed by atoms with Crippen molar-refractivity contribution in [2.75, 3.05) is 4.90 Å². The number of nitrogens with zero attached hydrogens (tertiary/aromatic N) is 2. The summed E-state index contributed by atoms with van der Waals surface area (Å²) in [5.41, 5.74) is -0.175. The number of alkyl carbamates (subject to hydrolysis) is 1. The zero-order valence-corrected chi connectivity index (χ0v) is 27.1. The lowest BCUT2D eigenvalue weighted by molar-refractivity contribution is 0.109. The highest BCUT2D eigenvalue weighted by atomic mass is 32.2. The summed E-state index contributed by atoms with van der Waals surface area (Å²) >= 11 is 1.39. The Hall–Kier alpha value is -3.55. The van der Waals surface area contributed by atoms with Gasteiger partial charge in [-0.2, -0.15) is 0 Å². The Morgan fingerprint density at radius 1 is 1.14 bits per heavy atom. The number of thiazole rings is 1. The van der Waals surface area contributed by atoms with E-state index in [-0.39, 0.29) is 40.8 Å². The zero-order chi connectivity index (χ0) is 32.2. The first kappa shape index (κ1) is 33.3. The molecule has 44 heavy (non-hydrogen) atoms. The Labute approximate surface area is 261 Å². The van der Waals surface area contributed by atoms with Crippen LogP contribution < -0.4 is 14.9 Å². The summed E-state index contributed by atoms with van der Waals surface area (Å²) < 4.78 is 49.6. The number of nitrogens with one attached hydrogen (secondary N) is 2. The molecule has 0 unspecified atom stereocenters. The fourth-order valence-electron chi connectivity index (χ4n) is 5.13. The lowest BCUT2D eigenvalue weighted by Gasteiger charge is -2.28. The maximum atomic E-state index is 14.4. The number of sulfonamides is 1. The molecule has 1 aliphatic rings. The van der Waals surface area contributed by atoms with Crippen LogP contribution in [0.25, 0.3) is 10.4 Å². The van der Waals surface area contributed by atoms with E-state index in [1.54, 1.807) is 52.9 Å². The average molecular weight is 647 g/mol. The van der Waals surface area contributed by atoms with Gasteiger partial charge in [-0.15, -0.1) is 11.3 Å². The first-order valence-electron chi connectivity index (χ1n) is 14.5. The molecular weight excluding hydrogens is 607 g/mol. The number of aromatic nitrogens is 1. The van der Waals surface area contributed by atoms with Gasteiger partial charge >= 0.3 is 12.2 Å². The highest BCUT2D eigenvalue weighted by Gasteiger charge is 2.30. The molecule has 0 saturated heterocycles. The molecule has 1 aromatic heterocycles. The standard InChI is InChI=1S/C31H39FN4O6S2/c1-19(2)42-29(37)34-22-12-10-20(11-13-22)28-33-17-26(43-28)24-15-14-23(16-27(24)44(40,41)35-31(3,4)5)36(30(38)39)18-21-8-6-7-9-25(21)32/h6-9,14-17,19-20,22,35H,10-13,18H2,1-5H3,(H,34,37)(H,38,39)/t20-,22-. The molecular formula is C31H39FN4O6S2. The van der Waals surface area contributed by atoms with E-state index in [0.29, 0.717) is 10.4 Å².